The maximum atomic E-state index is 3.56. The van der Waals surface area contributed by atoms with E-state index in [-0.39, 0.29) is 5.54 Å². The molecule has 0 radical (unpaired) electrons. The molecule has 0 saturated carbocycles. The number of likely N-dealkylation sites (tertiary alicyclic amines) is 1. The number of nitrogens with one attached hydrogen (secondary N) is 1. The lowest BCUT2D eigenvalue weighted by atomic mass is 10.1. The Morgan fingerprint density at radius 2 is 1.60 bits per heavy atom. The van der Waals surface area contributed by atoms with Crippen LogP contribution in [0.15, 0.2) is 0 Å². The minimum Gasteiger partial charge on any atom is -0.312 e. The van der Waals surface area contributed by atoms with Crippen molar-refractivity contribution in [3.63, 3.8) is 0 Å². The van der Waals surface area contributed by atoms with Gasteiger partial charge in [0.05, 0.1) is 0 Å². The molecule has 1 saturated heterocycles. The van der Waals surface area contributed by atoms with Gasteiger partial charge >= 0.3 is 0 Å². The lowest BCUT2D eigenvalue weighted by molar-refractivity contribution is 0.253. The number of likely N-dealkylation sites (N-methyl/N-ethyl adjacent to an activating group) is 1. The van der Waals surface area contributed by atoms with Gasteiger partial charge in [-0.25, -0.2) is 0 Å². The molecule has 1 N–H and O–H groups in total. The zero-order chi connectivity index (χ0) is 14.8. The van der Waals surface area contributed by atoms with Gasteiger partial charge in [0, 0.05) is 18.6 Å². The van der Waals surface area contributed by atoms with Crippen LogP contribution in [0.3, 0.4) is 0 Å². The highest BCUT2D eigenvalue weighted by molar-refractivity contribution is 4.70. The van der Waals surface area contributed by atoms with Crippen molar-refractivity contribution in [2.45, 2.75) is 64.8 Å². The van der Waals surface area contributed by atoms with E-state index < -0.39 is 0 Å². The molecule has 1 heterocycles. The third-order valence-electron chi connectivity index (χ3n) is 4.12. The summed E-state index contributed by atoms with van der Waals surface area (Å²) in [6, 6.07) is 0. The van der Waals surface area contributed by atoms with Gasteiger partial charge in [-0.2, -0.15) is 0 Å². The van der Waals surface area contributed by atoms with Gasteiger partial charge in [-0.15, -0.1) is 0 Å². The van der Waals surface area contributed by atoms with Gasteiger partial charge in [0.1, 0.15) is 0 Å². The van der Waals surface area contributed by atoms with Crippen LogP contribution in [0.2, 0.25) is 0 Å². The van der Waals surface area contributed by atoms with Crippen LogP contribution in [0.1, 0.15) is 59.3 Å². The number of rotatable bonds is 10. The summed E-state index contributed by atoms with van der Waals surface area (Å²) in [7, 11) is 2.28. The maximum absolute atomic E-state index is 3.56. The molecule has 3 nitrogen and oxygen atoms in total. The molecule has 0 aromatic heterocycles. The van der Waals surface area contributed by atoms with Crippen molar-refractivity contribution in [1.29, 1.82) is 0 Å². The zero-order valence-corrected chi connectivity index (χ0v) is 14.4. The van der Waals surface area contributed by atoms with E-state index in [0.29, 0.717) is 0 Å². The van der Waals surface area contributed by atoms with E-state index in [2.05, 4.69) is 42.9 Å². The second-order valence-electron chi connectivity index (χ2n) is 7.44. The molecule has 1 aliphatic rings. The molecule has 0 bridgehead atoms. The molecule has 0 amide bonds. The fourth-order valence-corrected chi connectivity index (χ4v) is 2.75. The molecule has 0 unspecified atom stereocenters. The molecular weight excluding hydrogens is 246 g/mol. The Morgan fingerprint density at radius 1 is 0.950 bits per heavy atom. The third kappa shape index (κ3) is 9.73. The first kappa shape index (κ1) is 17.9. The van der Waals surface area contributed by atoms with Crippen molar-refractivity contribution in [1.82, 2.24) is 15.1 Å². The fourth-order valence-electron chi connectivity index (χ4n) is 2.75. The Balaban J connectivity index is 1.85. The molecule has 1 aliphatic heterocycles. The van der Waals surface area contributed by atoms with Crippen molar-refractivity contribution in [2.75, 3.05) is 46.3 Å². The Kier molecular flexibility index (Phi) is 8.74. The molecule has 0 aromatic rings. The van der Waals surface area contributed by atoms with Crippen LogP contribution < -0.4 is 5.32 Å². The van der Waals surface area contributed by atoms with Gasteiger partial charge in [0.2, 0.25) is 0 Å². The molecule has 3 heteroatoms. The average molecular weight is 284 g/mol. The largest absolute Gasteiger partial charge is 0.312 e. The minimum atomic E-state index is 0.274. The first-order chi connectivity index (χ1) is 9.47. The molecule has 0 atom stereocenters. The van der Waals surface area contributed by atoms with Crippen LogP contribution in [0.4, 0.5) is 0 Å². The molecule has 120 valence electrons. The second kappa shape index (κ2) is 9.75. The Morgan fingerprint density at radius 3 is 2.25 bits per heavy atom. The highest BCUT2D eigenvalue weighted by Crippen LogP contribution is 2.07. The number of hydrogen-bond acceptors (Lipinski definition) is 3. The summed E-state index contributed by atoms with van der Waals surface area (Å²) in [5.41, 5.74) is 0.274. The first-order valence-electron chi connectivity index (χ1n) is 8.63. The molecule has 20 heavy (non-hydrogen) atoms. The van der Waals surface area contributed by atoms with Gasteiger partial charge in [-0.05, 0) is 79.7 Å². The summed E-state index contributed by atoms with van der Waals surface area (Å²) in [5, 5.41) is 3.56. The average Bonchev–Trinajstić information content (AvgIpc) is 2.87. The third-order valence-corrected chi connectivity index (χ3v) is 4.12. The van der Waals surface area contributed by atoms with Crippen LogP contribution in [0.5, 0.6) is 0 Å². The summed E-state index contributed by atoms with van der Waals surface area (Å²) in [4.78, 5) is 5.11. The Hall–Kier alpha value is -0.120. The van der Waals surface area contributed by atoms with Gasteiger partial charge in [-0.1, -0.05) is 12.8 Å². The van der Waals surface area contributed by atoms with Crippen LogP contribution in [-0.2, 0) is 0 Å². The standard InChI is InChI=1S/C17H37N3/c1-17(2,3)18-11-7-5-6-8-12-19(4)15-16-20-13-9-10-14-20/h18H,5-16H2,1-4H3. The van der Waals surface area contributed by atoms with E-state index in [9.17, 15) is 0 Å². The molecule has 1 fully saturated rings. The zero-order valence-electron chi connectivity index (χ0n) is 14.4. The summed E-state index contributed by atoms with van der Waals surface area (Å²) < 4.78 is 0. The van der Waals surface area contributed by atoms with E-state index in [1.807, 2.05) is 0 Å². The molecular formula is C17H37N3. The highest BCUT2D eigenvalue weighted by atomic mass is 15.2. The fraction of sp³-hybridized carbons (Fsp3) is 1.00. The van der Waals surface area contributed by atoms with Gasteiger partial charge in [-0.3, -0.25) is 0 Å². The maximum Gasteiger partial charge on any atom is 0.0109 e. The SMILES string of the molecule is CN(CCCCCCNC(C)(C)C)CCN1CCCC1. The van der Waals surface area contributed by atoms with Crippen LogP contribution in [-0.4, -0.2) is 61.7 Å². The first-order valence-corrected chi connectivity index (χ1v) is 8.63. The number of nitrogens with zero attached hydrogens (tertiary/aromatic N) is 2. The van der Waals surface area contributed by atoms with Gasteiger partial charge in [0.15, 0.2) is 0 Å². The predicted molar refractivity (Wildman–Crippen MR) is 89.4 cm³/mol. The second-order valence-corrected chi connectivity index (χ2v) is 7.44. The molecule has 0 aliphatic carbocycles. The van der Waals surface area contributed by atoms with E-state index in [1.165, 1.54) is 71.2 Å². The van der Waals surface area contributed by atoms with E-state index in [0.717, 1.165) is 6.54 Å². The van der Waals surface area contributed by atoms with E-state index >= 15 is 0 Å². The summed E-state index contributed by atoms with van der Waals surface area (Å²) in [5.74, 6) is 0. The quantitative estimate of drug-likeness (QED) is 0.622. The topological polar surface area (TPSA) is 18.5 Å². The van der Waals surface area contributed by atoms with Gasteiger partial charge < -0.3 is 15.1 Å². The number of hydrogen-bond donors (Lipinski definition) is 1. The lowest BCUT2D eigenvalue weighted by Crippen LogP contribution is -2.36. The monoisotopic (exact) mass is 283 g/mol. The van der Waals surface area contributed by atoms with Crippen LogP contribution in [0, 0.1) is 0 Å². The van der Waals surface area contributed by atoms with Crippen LogP contribution in [0.25, 0.3) is 0 Å². The Bertz CT molecular complexity index is 229. The summed E-state index contributed by atoms with van der Waals surface area (Å²) >= 11 is 0. The highest BCUT2D eigenvalue weighted by Gasteiger charge is 2.11. The summed E-state index contributed by atoms with van der Waals surface area (Å²) in [6.07, 6.45) is 8.22. The lowest BCUT2D eigenvalue weighted by Gasteiger charge is -2.21. The summed E-state index contributed by atoms with van der Waals surface area (Å²) in [6.45, 7) is 14.3. The van der Waals surface area contributed by atoms with Crippen molar-refractivity contribution in [2.24, 2.45) is 0 Å². The van der Waals surface area contributed by atoms with Crippen molar-refractivity contribution < 1.29 is 0 Å². The smallest absolute Gasteiger partial charge is 0.0109 e. The van der Waals surface area contributed by atoms with E-state index in [1.54, 1.807) is 0 Å². The predicted octanol–water partition coefficient (Wildman–Crippen LogP) is 2.96. The van der Waals surface area contributed by atoms with Crippen LogP contribution >= 0.6 is 0 Å². The number of unbranched alkanes of at least 4 members (excludes halogenated alkanes) is 3. The van der Waals surface area contributed by atoms with Crippen molar-refractivity contribution in [3.8, 4) is 0 Å². The molecule has 0 aromatic carbocycles. The molecule has 0 spiro atoms. The Labute approximate surface area is 127 Å². The van der Waals surface area contributed by atoms with Gasteiger partial charge in [0.25, 0.3) is 0 Å². The van der Waals surface area contributed by atoms with Crippen molar-refractivity contribution >= 4 is 0 Å². The minimum absolute atomic E-state index is 0.274. The van der Waals surface area contributed by atoms with Crippen molar-refractivity contribution in [3.05, 3.63) is 0 Å². The molecule has 1 rings (SSSR count). The van der Waals surface area contributed by atoms with E-state index in [4.69, 9.17) is 0 Å². The normalized spacial score (nSPS) is 17.2.